The molecule has 9 aromatic rings. The molecule has 0 aliphatic rings. The fourth-order valence-electron chi connectivity index (χ4n) is 13.8. The van der Waals surface area contributed by atoms with E-state index in [9.17, 15) is 10.2 Å². The molecule has 0 saturated heterocycles. The molecule has 9 nitrogen and oxygen atoms in total. The zero-order chi connectivity index (χ0) is 65.6. The van der Waals surface area contributed by atoms with Crippen molar-refractivity contribution < 1.29 is 29.2 Å². The van der Waals surface area contributed by atoms with Gasteiger partial charge in [-0.05, 0) is 108 Å². The van der Waals surface area contributed by atoms with Crippen LogP contribution in [0.1, 0.15) is 146 Å². The van der Waals surface area contributed by atoms with E-state index < -0.39 is 16.6 Å². The minimum Gasteiger partial charge on any atom is -0.396 e. The SMILES string of the molecule is OCC(CCCCCCNC(c1ccccc1)(c1ccccc1)c1ccccc1)COCOCC(CCCCCCNC(c1ccccc1)(c1ccccc1)c1ccccc1)COCOCC(CO)CCCCCCNC(c1ccccc1)(c1ccccc1)c1ccccc1. The van der Waals surface area contributed by atoms with Crippen LogP contribution in [-0.2, 0) is 35.6 Å². The second-order valence-corrected chi connectivity index (χ2v) is 25.6. The second kappa shape index (κ2) is 40.9. The summed E-state index contributed by atoms with van der Waals surface area (Å²) in [7, 11) is 0. The Hall–Kier alpha value is -7.38. The van der Waals surface area contributed by atoms with Gasteiger partial charge in [0.15, 0.2) is 0 Å². The third-order valence-corrected chi connectivity index (χ3v) is 18.9. The van der Waals surface area contributed by atoms with E-state index in [1.54, 1.807) is 0 Å². The van der Waals surface area contributed by atoms with Crippen molar-refractivity contribution in [3.63, 3.8) is 0 Å². The van der Waals surface area contributed by atoms with Gasteiger partial charge in [0.1, 0.15) is 13.6 Å². The molecule has 5 N–H and O–H groups in total. The third kappa shape index (κ3) is 21.1. The molecule has 0 amide bonds. The van der Waals surface area contributed by atoms with E-state index in [4.69, 9.17) is 18.9 Å². The van der Waals surface area contributed by atoms with Crippen molar-refractivity contribution >= 4 is 0 Å². The molecule has 500 valence electrons. The highest BCUT2D eigenvalue weighted by Crippen LogP contribution is 2.40. The van der Waals surface area contributed by atoms with Crippen molar-refractivity contribution in [3.05, 3.63) is 323 Å². The molecule has 9 aromatic carbocycles. The van der Waals surface area contributed by atoms with E-state index in [0.29, 0.717) is 26.4 Å². The monoisotopic (exact) mass is 1280 g/mol. The maximum Gasteiger partial charge on any atom is 0.146 e. The number of nitrogens with one attached hydrogen (secondary N) is 3. The Bertz CT molecular complexity index is 2920. The maximum atomic E-state index is 10.4. The van der Waals surface area contributed by atoms with Crippen LogP contribution in [0.5, 0.6) is 0 Å². The normalized spacial score (nSPS) is 12.9. The molecule has 0 saturated carbocycles. The number of aliphatic hydroxyl groups is 2. The predicted octanol–water partition coefficient (Wildman–Crippen LogP) is 17.4. The molecule has 0 radical (unpaired) electrons. The van der Waals surface area contributed by atoms with Gasteiger partial charge in [0.2, 0.25) is 0 Å². The number of ether oxygens (including phenoxy) is 4. The summed E-state index contributed by atoms with van der Waals surface area (Å²) in [6, 6.07) is 97.2. The fourth-order valence-corrected chi connectivity index (χ4v) is 13.8. The van der Waals surface area contributed by atoms with Crippen LogP contribution in [0.3, 0.4) is 0 Å². The molecule has 2 unspecified atom stereocenters. The number of aliphatic hydroxyl groups excluding tert-OH is 2. The van der Waals surface area contributed by atoms with Crippen molar-refractivity contribution in [2.75, 3.05) is 72.9 Å². The molecule has 9 rings (SSSR count). The van der Waals surface area contributed by atoms with E-state index >= 15 is 0 Å². The molecule has 95 heavy (non-hydrogen) atoms. The molecular formula is C86H105N3O6. The van der Waals surface area contributed by atoms with Gasteiger partial charge in [0.05, 0.1) is 43.0 Å². The van der Waals surface area contributed by atoms with E-state index in [0.717, 1.165) is 116 Å². The van der Waals surface area contributed by atoms with Gasteiger partial charge in [-0.3, -0.25) is 16.0 Å². The van der Waals surface area contributed by atoms with Crippen LogP contribution in [0.2, 0.25) is 0 Å². The van der Waals surface area contributed by atoms with Crippen molar-refractivity contribution in [1.82, 2.24) is 16.0 Å². The van der Waals surface area contributed by atoms with E-state index in [2.05, 4.69) is 289 Å². The number of benzene rings is 9. The van der Waals surface area contributed by atoms with Crippen LogP contribution in [0, 0.1) is 17.8 Å². The van der Waals surface area contributed by atoms with Crippen LogP contribution in [0.4, 0.5) is 0 Å². The molecule has 0 aromatic heterocycles. The molecule has 0 aliphatic heterocycles. The lowest BCUT2D eigenvalue weighted by molar-refractivity contribution is -0.106. The summed E-state index contributed by atoms with van der Waals surface area (Å²) in [6.07, 6.45) is 15.5. The smallest absolute Gasteiger partial charge is 0.146 e. The maximum absolute atomic E-state index is 10.4. The predicted molar refractivity (Wildman–Crippen MR) is 389 cm³/mol. The van der Waals surface area contributed by atoms with Gasteiger partial charge in [0.25, 0.3) is 0 Å². The number of rotatable bonds is 47. The van der Waals surface area contributed by atoms with E-state index in [1.165, 1.54) is 50.1 Å². The molecule has 0 fully saturated rings. The van der Waals surface area contributed by atoms with Gasteiger partial charge < -0.3 is 29.2 Å². The fraction of sp³-hybridized carbons (Fsp3) is 0.372. The summed E-state index contributed by atoms with van der Waals surface area (Å²) >= 11 is 0. The highest BCUT2D eigenvalue weighted by atomic mass is 16.7. The van der Waals surface area contributed by atoms with Gasteiger partial charge in [-0.15, -0.1) is 0 Å². The van der Waals surface area contributed by atoms with Gasteiger partial charge in [-0.1, -0.05) is 331 Å². The van der Waals surface area contributed by atoms with Crippen LogP contribution >= 0.6 is 0 Å². The van der Waals surface area contributed by atoms with Gasteiger partial charge in [-0.2, -0.15) is 0 Å². The lowest BCUT2D eigenvalue weighted by Crippen LogP contribution is -2.45. The van der Waals surface area contributed by atoms with Gasteiger partial charge in [-0.25, -0.2) is 0 Å². The molecule has 0 heterocycles. The summed E-state index contributed by atoms with van der Waals surface area (Å²) < 4.78 is 24.7. The minimum atomic E-state index is -0.479. The highest BCUT2D eigenvalue weighted by molar-refractivity contribution is 5.52. The standard InChI is InChI=1S/C86H105N3O6/c90-64-72(40-16-1-4-37-61-87-84(75-43-19-7-20-44-75,76-45-21-8-22-46-76)77-47-23-9-24-48-77)66-92-70-94-68-74(42-18-3-6-39-63-89-86(81-55-31-13-32-56-81,82-57-33-14-34-58-82)83-59-35-15-36-60-83)69-95-71-93-67-73(65-91)41-17-2-5-38-62-88-85(78-49-25-10-26-50-78,79-51-27-11-28-52-79)80-53-29-12-30-54-80/h7-15,19-36,43-60,72-74,87-91H,1-6,16-18,37-42,61-71H2. The molecule has 0 spiro atoms. The zero-order valence-corrected chi connectivity index (χ0v) is 56.1. The Morgan fingerprint density at radius 3 is 0.611 bits per heavy atom. The summed E-state index contributed by atoms with van der Waals surface area (Å²) in [6.45, 7) is 5.04. The Kier molecular flexibility index (Phi) is 30.9. The van der Waals surface area contributed by atoms with Crippen molar-refractivity contribution in [2.24, 2.45) is 17.8 Å². The largest absolute Gasteiger partial charge is 0.396 e. The molecule has 2 atom stereocenters. The van der Waals surface area contributed by atoms with Crippen molar-refractivity contribution in [2.45, 2.75) is 113 Å². The lowest BCUT2D eigenvalue weighted by atomic mass is 9.77. The Balaban J connectivity index is 0.708. The Morgan fingerprint density at radius 2 is 0.411 bits per heavy atom. The molecular weight excluding hydrogens is 1170 g/mol. The molecule has 9 heteroatoms. The van der Waals surface area contributed by atoms with E-state index in [-0.39, 0.29) is 44.6 Å². The second-order valence-electron chi connectivity index (χ2n) is 25.6. The first kappa shape index (κ1) is 71.9. The first-order chi connectivity index (χ1) is 47.1. The summed E-state index contributed by atoms with van der Waals surface area (Å²) in [4.78, 5) is 0. The quantitative estimate of drug-likeness (QED) is 0.0145. The topological polar surface area (TPSA) is 113 Å². The summed E-state index contributed by atoms with van der Waals surface area (Å²) in [5.74, 6) is 0.267. The average molecular weight is 1280 g/mol. The first-order valence-electron chi connectivity index (χ1n) is 35.4. The minimum absolute atomic E-state index is 0.0548. The first-order valence-corrected chi connectivity index (χ1v) is 35.4. The average Bonchev–Trinajstić information content (AvgIpc) is 0.784. The van der Waals surface area contributed by atoms with Gasteiger partial charge in [0, 0.05) is 31.0 Å². The third-order valence-electron chi connectivity index (χ3n) is 18.9. The lowest BCUT2D eigenvalue weighted by Gasteiger charge is -2.37. The number of hydrogen-bond donors (Lipinski definition) is 5. The summed E-state index contributed by atoms with van der Waals surface area (Å²) in [5, 5.41) is 32.9. The van der Waals surface area contributed by atoms with Gasteiger partial charge >= 0.3 is 0 Å². The summed E-state index contributed by atoms with van der Waals surface area (Å²) in [5.41, 5.74) is 9.60. The van der Waals surface area contributed by atoms with E-state index in [1.807, 2.05) is 0 Å². The highest BCUT2D eigenvalue weighted by Gasteiger charge is 2.38. The number of unbranched alkanes of at least 4 members (excludes halogenated alkanes) is 9. The van der Waals surface area contributed by atoms with Crippen molar-refractivity contribution in [1.29, 1.82) is 0 Å². The van der Waals surface area contributed by atoms with Crippen LogP contribution in [0.15, 0.2) is 273 Å². The molecule has 0 bridgehead atoms. The van der Waals surface area contributed by atoms with Crippen LogP contribution in [-0.4, -0.2) is 83.1 Å². The van der Waals surface area contributed by atoms with Crippen LogP contribution in [0.25, 0.3) is 0 Å². The van der Waals surface area contributed by atoms with Crippen molar-refractivity contribution in [3.8, 4) is 0 Å². The molecule has 0 aliphatic carbocycles. The number of hydrogen-bond acceptors (Lipinski definition) is 9. The zero-order valence-electron chi connectivity index (χ0n) is 56.1. The Morgan fingerprint density at radius 1 is 0.232 bits per heavy atom. The Labute approximate surface area is 568 Å². The van der Waals surface area contributed by atoms with Crippen LogP contribution < -0.4 is 16.0 Å².